The number of unbranched alkanes of at least 4 members (excludes halogenated alkanes) is 6. The Kier molecular flexibility index (Phi) is 8.93. The summed E-state index contributed by atoms with van der Waals surface area (Å²) in [7, 11) is 0. The topological polar surface area (TPSA) is 66.4 Å². The van der Waals surface area contributed by atoms with Crippen LogP contribution in [0.25, 0.3) is 0 Å². The minimum absolute atomic E-state index is 0.292. The monoisotopic (exact) mass is 291 g/mol. The van der Waals surface area contributed by atoms with Crippen LogP contribution >= 0.6 is 0 Å². The Morgan fingerprint density at radius 1 is 1.00 bits per heavy atom. The van der Waals surface area contributed by atoms with Crippen LogP contribution in [0.3, 0.4) is 0 Å². The summed E-state index contributed by atoms with van der Waals surface area (Å²) in [6.45, 7) is 0.879. The molecule has 116 valence electrons. The van der Waals surface area contributed by atoms with Crippen molar-refractivity contribution < 1.29 is 14.7 Å². The van der Waals surface area contributed by atoms with Gasteiger partial charge in [-0.2, -0.15) is 0 Å². The number of para-hydroxylation sites is 1. The summed E-state index contributed by atoms with van der Waals surface area (Å²) in [4.78, 5) is 21.2. The second-order valence-electron chi connectivity index (χ2n) is 5.25. The number of carbonyl (C=O) groups is 2. The Balaban J connectivity index is 1.97. The number of nitrogens with one attached hydrogen (secondary N) is 1. The molecule has 0 atom stereocenters. The number of hydrogen-bond donors (Lipinski definition) is 2. The highest BCUT2D eigenvalue weighted by molar-refractivity contribution is 5.83. The van der Waals surface area contributed by atoms with Gasteiger partial charge in [0.05, 0.1) is 0 Å². The smallest absolute Gasteiger partial charge is 0.303 e. The molecule has 0 aliphatic heterocycles. The van der Waals surface area contributed by atoms with Gasteiger partial charge in [-0.3, -0.25) is 9.59 Å². The first-order chi connectivity index (χ1) is 10.2. The van der Waals surface area contributed by atoms with Gasteiger partial charge in [-0.1, -0.05) is 44.2 Å². The van der Waals surface area contributed by atoms with E-state index in [4.69, 9.17) is 5.11 Å². The molecule has 0 amide bonds. The molecule has 0 radical (unpaired) electrons. The van der Waals surface area contributed by atoms with Crippen molar-refractivity contribution in [3.05, 3.63) is 29.8 Å². The average Bonchev–Trinajstić information content (AvgIpc) is 2.49. The van der Waals surface area contributed by atoms with E-state index >= 15 is 0 Å². The first-order valence-corrected chi connectivity index (χ1v) is 7.74. The molecule has 0 aliphatic rings. The second-order valence-corrected chi connectivity index (χ2v) is 5.25. The Morgan fingerprint density at radius 3 is 2.29 bits per heavy atom. The van der Waals surface area contributed by atoms with E-state index in [1.807, 2.05) is 24.3 Å². The van der Waals surface area contributed by atoms with Crippen LogP contribution in [0.1, 0.15) is 61.7 Å². The molecule has 21 heavy (non-hydrogen) atoms. The lowest BCUT2D eigenvalue weighted by atomic mass is 10.1. The number of rotatable bonds is 12. The van der Waals surface area contributed by atoms with E-state index in [0.29, 0.717) is 12.0 Å². The van der Waals surface area contributed by atoms with E-state index in [1.54, 1.807) is 0 Å². The molecular weight excluding hydrogens is 266 g/mol. The Hall–Kier alpha value is -1.84. The number of aliphatic carboxylic acids is 1. The summed E-state index contributed by atoms with van der Waals surface area (Å²) in [5.41, 5.74) is 1.61. The SMILES string of the molecule is O=Cc1ccccc1NCCCCCCCCCC(=O)O. The molecule has 1 aromatic rings. The highest BCUT2D eigenvalue weighted by Gasteiger charge is 1.99. The van der Waals surface area contributed by atoms with Crippen LogP contribution < -0.4 is 5.32 Å². The third-order valence-corrected chi connectivity index (χ3v) is 3.47. The molecule has 1 aromatic carbocycles. The van der Waals surface area contributed by atoms with Crippen molar-refractivity contribution in [2.75, 3.05) is 11.9 Å². The highest BCUT2D eigenvalue weighted by atomic mass is 16.4. The second kappa shape index (κ2) is 10.9. The molecule has 0 unspecified atom stereocenters. The van der Waals surface area contributed by atoms with Crippen molar-refractivity contribution in [2.45, 2.75) is 51.4 Å². The zero-order valence-electron chi connectivity index (χ0n) is 12.5. The van der Waals surface area contributed by atoms with Crippen LogP contribution in [0.15, 0.2) is 24.3 Å². The zero-order valence-corrected chi connectivity index (χ0v) is 12.5. The van der Waals surface area contributed by atoms with Gasteiger partial charge >= 0.3 is 5.97 Å². The number of carbonyl (C=O) groups excluding carboxylic acids is 1. The number of carboxylic acids is 1. The van der Waals surface area contributed by atoms with Crippen LogP contribution in [-0.2, 0) is 4.79 Å². The van der Waals surface area contributed by atoms with Gasteiger partial charge in [-0.25, -0.2) is 0 Å². The standard InChI is InChI=1S/C17H25NO3/c19-14-15-10-7-8-11-16(15)18-13-9-5-3-1-2-4-6-12-17(20)21/h7-8,10-11,14,18H,1-6,9,12-13H2,(H,20,21). The molecule has 0 aliphatic carbocycles. The van der Waals surface area contributed by atoms with Crippen LogP contribution in [0.2, 0.25) is 0 Å². The highest BCUT2D eigenvalue weighted by Crippen LogP contribution is 2.13. The number of aldehydes is 1. The van der Waals surface area contributed by atoms with E-state index < -0.39 is 5.97 Å². The summed E-state index contributed by atoms with van der Waals surface area (Å²) >= 11 is 0. The van der Waals surface area contributed by atoms with Crippen LogP contribution in [0.4, 0.5) is 5.69 Å². The molecule has 4 nitrogen and oxygen atoms in total. The zero-order chi connectivity index (χ0) is 15.3. The first-order valence-electron chi connectivity index (χ1n) is 7.74. The Labute approximate surface area is 126 Å². The van der Waals surface area contributed by atoms with Gasteiger partial charge in [0.2, 0.25) is 0 Å². The molecule has 2 N–H and O–H groups in total. The molecule has 0 spiro atoms. The maximum Gasteiger partial charge on any atom is 0.303 e. The third kappa shape index (κ3) is 8.12. The normalized spacial score (nSPS) is 10.3. The fraction of sp³-hybridized carbons (Fsp3) is 0.529. The van der Waals surface area contributed by atoms with E-state index in [2.05, 4.69) is 5.32 Å². The number of anilines is 1. The largest absolute Gasteiger partial charge is 0.481 e. The fourth-order valence-electron chi connectivity index (χ4n) is 2.27. The number of carboxylic acid groups (broad SMARTS) is 1. The summed E-state index contributed by atoms with van der Waals surface area (Å²) < 4.78 is 0. The average molecular weight is 291 g/mol. The van der Waals surface area contributed by atoms with Gasteiger partial charge in [-0.05, 0) is 25.0 Å². The van der Waals surface area contributed by atoms with Crippen molar-refractivity contribution >= 4 is 17.9 Å². The molecule has 0 heterocycles. The molecule has 0 saturated heterocycles. The maximum atomic E-state index is 10.9. The van der Waals surface area contributed by atoms with Crippen molar-refractivity contribution in [2.24, 2.45) is 0 Å². The predicted octanol–water partition coefficient (Wildman–Crippen LogP) is 4.12. The van der Waals surface area contributed by atoms with Crippen molar-refractivity contribution in [1.82, 2.24) is 0 Å². The van der Waals surface area contributed by atoms with E-state index in [0.717, 1.165) is 50.6 Å². The minimum Gasteiger partial charge on any atom is -0.481 e. The lowest BCUT2D eigenvalue weighted by Gasteiger charge is -2.08. The molecule has 0 aromatic heterocycles. The van der Waals surface area contributed by atoms with Crippen LogP contribution in [-0.4, -0.2) is 23.9 Å². The van der Waals surface area contributed by atoms with Crippen LogP contribution in [0.5, 0.6) is 0 Å². The Morgan fingerprint density at radius 2 is 1.62 bits per heavy atom. The van der Waals surface area contributed by atoms with Gasteiger partial charge in [0.1, 0.15) is 0 Å². The van der Waals surface area contributed by atoms with E-state index in [-0.39, 0.29) is 0 Å². The van der Waals surface area contributed by atoms with Gasteiger partial charge in [0.25, 0.3) is 0 Å². The van der Waals surface area contributed by atoms with E-state index in [1.165, 1.54) is 12.8 Å². The minimum atomic E-state index is -0.698. The van der Waals surface area contributed by atoms with Gasteiger partial charge in [0.15, 0.2) is 6.29 Å². The van der Waals surface area contributed by atoms with Crippen LogP contribution in [0, 0.1) is 0 Å². The summed E-state index contributed by atoms with van der Waals surface area (Å²) in [6.07, 6.45) is 8.69. The summed E-state index contributed by atoms with van der Waals surface area (Å²) in [5.74, 6) is -0.698. The van der Waals surface area contributed by atoms with Gasteiger partial charge in [0, 0.05) is 24.2 Å². The van der Waals surface area contributed by atoms with Crippen molar-refractivity contribution in [3.63, 3.8) is 0 Å². The lowest BCUT2D eigenvalue weighted by Crippen LogP contribution is -2.03. The predicted molar refractivity (Wildman–Crippen MR) is 84.9 cm³/mol. The summed E-state index contributed by atoms with van der Waals surface area (Å²) in [6, 6.07) is 7.52. The molecular formula is C17H25NO3. The molecule has 0 bridgehead atoms. The van der Waals surface area contributed by atoms with Crippen molar-refractivity contribution in [3.8, 4) is 0 Å². The summed E-state index contributed by atoms with van der Waals surface area (Å²) in [5, 5.41) is 11.8. The first kappa shape index (κ1) is 17.2. The molecule has 0 saturated carbocycles. The lowest BCUT2D eigenvalue weighted by molar-refractivity contribution is -0.137. The van der Waals surface area contributed by atoms with Gasteiger partial charge in [-0.15, -0.1) is 0 Å². The quantitative estimate of drug-likeness (QED) is 0.449. The third-order valence-electron chi connectivity index (χ3n) is 3.47. The fourth-order valence-corrected chi connectivity index (χ4v) is 2.27. The number of hydrogen-bond acceptors (Lipinski definition) is 3. The van der Waals surface area contributed by atoms with Crippen molar-refractivity contribution in [1.29, 1.82) is 0 Å². The molecule has 4 heteroatoms. The van der Waals surface area contributed by atoms with Gasteiger partial charge < -0.3 is 10.4 Å². The molecule has 1 rings (SSSR count). The number of benzene rings is 1. The molecule has 0 fully saturated rings. The van der Waals surface area contributed by atoms with E-state index in [9.17, 15) is 9.59 Å². The maximum absolute atomic E-state index is 10.9. The Bertz CT molecular complexity index is 432.